The molecule has 96 valence electrons. The van der Waals surface area contributed by atoms with Crippen LogP contribution in [0.2, 0.25) is 0 Å². The second-order valence-electron chi connectivity index (χ2n) is 4.43. The maximum absolute atomic E-state index is 10.5. The standard InChI is InChI=1S/C9H20N2O4S/c1-9(10)15-7-6-11(2,3)5-4-8-16(12,13)14/h10H,4-8H2,1-3H3/p+1. The molecule has 0 rings (SSSR count). The Kier molecular flexibility index (Phi) is 5.91. The summed E-state index contributed by atoms with van der Waals surface area (Å²) in [5, 5.41) is 7.08. The van der Waals surface area contributed by atoms with Crippen molar-refractivity contribution < 1.29 is 22.2 Å². The van der Waals surface area contributed by atoms with Gasteiger partial charge in [-0.1, -0.05) is 0 Å². The minimum atomic E-state index is -3.86. The third kappa shape index (κ3) is 9.88. The molecule has 0 aromatic rings. The van der Waals surface area contributed by atoms with Gasteiger partial charge >= 0.3 is 0 Å². The predicted octanol–water partition coefficient (Wildman–Crippen LogP) is 0.354. The van der Waals surface area contributed by atoms with E-state index in [4.69, 9.17) is 14.7 Å². The quantitative estimate of drug-likeness (QED) is 0.297. The maximum atomic E-state index is 10.5. The molecule has 0 aliphatic rings. The van der Waals surface area contributed by atoms with E-state index >= 15 is 0 Å². The summed E-state index contributed by atoms with van der Waals surface area (Å²) in [5.41, 5.74) is 0. The third-order valence-electron chi connectivity index (χ3n) is 2.18. The fourth-order valence-corrected chi connectivity index (χ4v) is 1.73. The molecular weight excluding hydrogens is 232 g/mol. The number of hydrogen-bond acceptors (Lipinski definition) is 4. The van der Waals surface area contributed by atoms with Gasteiger partial charge in [0.25, 0.3) is 10.1 Å². The summed E-state index contributed by atoms with van der Waals surface area (Å²) in [6.45, 7) is 3.34. The summed E-state index contributed by atoms with van der Waals surface area (Å²) < 4.78 is 35.2. The summed E-state index contributed by atoms with van der Waals surface area (Å²) in [7, 11) is 0.0462. The molecule has 0 fully saturated rings. The van der Waals surface area contributed by atoms with Crippen LogP contribution in [0.25, 0.3) is 0 Å². The molecule has 0 aromatic carbocycles. The van der Waals surface area contributed by atoms with Crippen molar-refractivity contribution in [3.8, 4) is 0 Å². The van der Waals surface area contributed by atoms with Gasteiger partial charge in [0.05, 0.1) is 26.4 Å². The molecule has 0 aliphatic heterocycles. The first-order valence-electron chi connectivity index (χ1n) is 5.07. The Morgan fingerprint density at radius 2 is 1.94 bits per heavy atom. The monoisotopic (exact) mass is 253 g/mol. The lowest BCUT2D eigenvalue weighted by molar-refractivity contribution is -0.890. The Bertz CT molecular complexity index is 324. The highest BCUT2D eigenvalue weighted by molar-refractivity contribution is 7.85. The Balaban J connectivity index is 3.82. The molecule has 0 bridgehead atoms. The minimum Gasteiger partial charge on any atom is -0.476 e. The predicted molar refractivity (Wildman–Crippen MR) is 62.2 cm³/mol. The normalized spacial score (nSPS) is 12.5. The topological polar surface area (TPSA) is 87.5 Å². The van der Waals surface area contributed by atoms with Gasteiger partial charge in [-0.25, -0.2) is 0 Å². The van der Waals surface area contributed by atoms with Crippen molar-refractivity contribution in [1.82, 2.24) is 0 Å². The van der Waals surface area contributed by atoms with Gasteiger partial charge in [-0.05, 0) is 0 Å². The second-order valence-corrected chi connectivity index (χ2v) is 6.00. The molecule has 0 heterocycles. The Labute approximate surface area is 97.1 Å². The van der Waals surface area contributed by atoms with E-state index in [9.17, 15) is 8.42 Å². The molecule has 16 heavy (non-hydrogen) atoms. The van der Waals surface area contributed by atoms with Crippen LogP contribution in [-0.4, -0.2) is 62.9 Å². The molecule has 0 amide bonds. The number of nitrogens with one attached hydrogen (secondary N) is 1. The average Bonchev–Trinajstić information content (AvgIpc) is 1.99. The molecule has 2 N–H and O–H groups in total. The summed E-state index contributed by atoms with van der Waals surface area (Å²) >= 11 is 0. The lowest BCUT2D eigenvalue weighted by Gasteiger charge is -2.29. The molecule has 7 heteroatoms. The van der Waals surface area contributed by atoms with Gasteiger partial charge in [-0.3, -0.25) is 9.96 Å². The van der Waals surface area contributed by atoms with E-state index in [1.165, 1.54) is 0 Å². The third-order valence-corrected chi connectivity index (χ3v) is 2.99. The minimum absolute atomic E-state index is 0.179. The highest BCUT2D eigenvalue weighted by Crippen LogP contribution is 2.01. The van der Waals surface area contributed by atoms with Crippen molar-refractivity contribution in [3.63, 3.8) is 0 Å². The number of quaternary nitrogens is 1. The van der Waals surface area contributed by atoms with Gasteiger partial charge in [0.15, 0.2) is 5.90 Å². The second kappa shape index (κ2) is 6.17. The fraction of sp³-hybridized carbons (Fsp3) is 0.889. The Morgan fingerprint density at radius 1 is 1.38 bits per heavy atom. The van der Waals surface area contributed by atoms with Crippen LogP contribution in [0.15, 0.2) is 0 Å². The van der Waals surface area contributed by atoms with Crippen LogP contribution < -0.4 is 0 Å². The van der Waals surface area contributed by atoms with E-state index < -0.39 is 10.1 Å². The number of rotatable bonds is 7. The van der Waals surface area contributed by atoms with E-state index in [1.807, 2.05) is 14.1 Å². The fourth-order valence-electron chi connectivity index (χ4n) is 1.23. The molecular formula is C9H21N2O4S+. The zero-order chi connectivity index (χ0) is 12.8. The summed E-state index contributed by atoms with van der Waals surface area (Å²) in [4.78, 5) is 0. The number of nitrogens with zero attached hydrogens (tertiary/aromatic N) is 1. The Morgan fingerprint density at radius 3 is 2.38 bits per heavy atom. The molecule has 0 unspecified atom stereocenters. The van der Waals surface area contributed by atoms with Crippen LogP contribution in [0.5, 0.6) is 0 Å². The van der Waals surface area contributed by atoms with E-state index in [1.54, 1.807) is 6.92 Å². The molecule has 0 aromatic heterocycles. The average molecular weight is 253 g/mol. The largest absolute Gasteiger partial charge is 0.476 e. The van der Waals surface area contributed by atoms with Gasteiger partial charge in [-0.15, -0.1) is 0 Å². The summed E-state index contributed by atoms with van der Waals surface area (Å²) in [6.07, 6.45) is 0.412. The number of likely N-dealkylation sites (N-methyl/N-ethyl adjacent to an activating group) is 1. The van der Waals surface area contributed by atoms with Crippen molar-refractivity contribution in [2.45, 2.75) is 13.3 Å². The van der Waals surface area contributed by atoms with Crippen LogP contribution in [0.3, 0.4) is 0 Å². The van der Waals surface area contributed by atoms with Crippen molar-refractivity contribution in [2.24, 2.45) is 0 Å². The molecule has 0 spiro atoms. The van der Waals surface area contributed by atoms with Crippen molar-refractivity contribution in [1.29, 1.82) is 5.41 Å². The maximum Gasteiger partial charge on any atom is 0.265 e. The van der Waals surface area contributed by atoms with Crippen LogP contribution in [-0.2, 0) is 14.9 Å². The summed E-state index contributed by atoms with van der Waals surface area (Å²) in [6, 6.07) is 0. The molecule has 0 saturated heterocycles. The molecule has 6 nitrogen and oxygen atoms in total. The van der Waals surface area contributed by atoms with E-state index in [0.717, 1.165) is 0 Å². The first-order valence-corrected chi connectivity index (χ1v) is 6.68. The van der Waals surface area contributed by atoms with Gasteiger partial charge in [0.2, 0.25) is 0 Å². The van der Waals surface area contributed by atoms with Gasteiger partial charge in [0.1, 0.15) is 13.2 Å². The number of hydrogen-bond donors (Lipinski definition) is 2. The first kappa shape index (κ1) is 15.3. The highest BCUT2D eigenvalue weighted by atomic mass is 32.2. The van der Waals surface area contributed by atoms with Crippen molar-refractivity contribution in [3.05, 3.63) is 0 Å². The van der Waals surface area contributed by atoms with Crippen molar-refractivity contribution in [2.75, 3.05) is 39.5 Å². The van der Waals surface area contributed by atoms with Crippen LogP contribution in [0, 0.1) is 5.41 Å². The van der Waals surface area contributed by atoms with E-state index in [0.29, 0.717) is 30.6 Å². The first-order chi connectivity index (χ1) is 7.12. The van der Waals surface area contributed by atoms with E-state index in [2.05, 4.69) is 0 Å². The Hall–Kier alpha value is -0.660. The summed E-state index contributed by atoms with van der Waals surface area (Å²) in [5.74, 6) is -0.0305. The zero-order valence-corrected chi connectivity index (χ0v) is 10.9. The highest BCUT2D eigenvalue weighted by Gasteiger charge is 2.16. The molecule has 0 radical (unpaired) electrons. The van der Waals surface area contributed by atoms with Crippen LogP contribution >= 0.6 is 0 Å². The SMILES string of the molecule is CC(=N)OCC[N+](C)(C)CCCS(=O)(=O)O. The van der Waals surface area contributed by atoms with Crippen LogP contribution in [0.1, 0.15) is 13.3 Å². The number of ether oxygens (including phenoxy) is 1. The van der Waals surface area contributed by atoms with Crippen molar-refractivity contribution >= 4 is 16.0 Å². The lowest BCUT2D eigenvalue weighted by Crippen LogP contribution is -2.43. The zero-order valence-electron chi connectivity index (χ0n) is 10.1. The smallest absolute Gasteiger partial charge is 0.265 e. The van der Waals surface area contributed by atoms with Gasteiger partial charge in [0, 0.05) is 13.3 Å². The van der Waals surface area contributed by atoms with Gasteiger partial charge in [-0.2, -0.15) is 8.42 Å². The van der Waals surface area contributed by atoms with E-state index in [-0.39, 0.29) is 11.7 Å². The molecule has 0 saturated carbocycles. The lowest BCUT2D eigenvalue weighted by atomic mass is 10.4. The van der Waals surface area contributed by atoms with Crippen LogP contribution in [0.4, 0.5) is 0 Å². The van der Waals surface area contributed by atoms with Gasteiger partial charge < -0.3 is 9.22 Å². The molecule has 0 aliphatic carbocycles. The molecule has 0 atom stereocenters.